The van der Waals surface area contributed by atoms with Gasteiger partial charge in [0.1, 0.15) is 11.6 Å². The molecule has 146 valence electrons. The second kappa shape index (κ2) is 8.93. The van der Waals surface area contributed by atoms with Crippen molar-refractivity contribution in [2.75, 3.05) is 12.4 Å². The molecule has 0 bridgehead atoms. The summed E-state index contributed by atoms with van der Waals surface area (Å²) >= 11 is 0. The van der Waals surface area contributed by atoms with Gasteiger partial charge >= 0.3 is 5.97 Å². The topological polar surface area (TPSA) is 55.4 Å². The minimum Gasteiger partial charge on any atom is -0.466 e. The number of anilines is 1. The number of amides is 1. The molecule has 29 heavy (non-hydrogen) atoms. The molecule has 4 nitrogen and oxygen atoms in total. The molecule has 0 spiro atoms. The van der Waals surface area contributed by atoms with E-state index < -0.39 is 23.5 Å². The van der Waals surface area contributed by atoms with Gasteiger partial charge < -0.3 is 10.1 Å². The van der Waals surface area contributed by atoms with Gasteiger partial charge in [0.25, 0.3) is 5.91 Å². The van der Waals surface area contributed by atoms with E-state index in [1.165, 1.54) is 49.6 Å². The molecule has 0 aliphatic heterocycles. The van der Waals surface area contributed by atoms with Crippen LogP contribution in [0.15, 0.2) is 72.8 Å². The van der Waals surface area contributed by atoms with Crippen molar-refractivity contribution in [3.8, 4) is 11.1 Å². The number of esters is 1. The molecule has 1 amide bonds. The van der Waals surface area contributed by atoms with Gasteiger partial charge in [0.2, 0.25) is 0 Å². The van der Waals surface area contributed by atoms with Crippen LogP contribution in [0.3, 0.4) is 0 Å². The first kappa shape index (κ1) is 19.9. The molecular formula is C23H17F2NO3. The standard InChI is InChI=1S/C23H17F2NO3/c1-29-22(27)11-8-15-4-2-7-19(12-15)26-23(28)20-14-17(9-10-21(20)25)16-5-3-6-18(24)13-16/h2-14H,1H3,(H,26,28)/b11-8+. The largest absolute Gasteiger partial charge is 0.466 e. The lowest BCUT2D eigenvalue weighted by atomic mass is 10.0. The van der Waals surface area contributed by atoms with Gasteiger partial charge in [-0.05, 0) is 59.2 Å². The Morgan fingerprint density at radius 3 is 2.45 bits per heavy atom. The third-order valence-corrected chi connectivity index (χ3v) is 4.13. The van der Waals surface area contributed by atoms with Crippen molar-refractivity contribution in [3.05, 3.63) is 95.6 Å². The summed E-state index contributed by atoms with van der Waals surface area (Å²) in [5, 5.41) is 2.63. The van der Waals surface area contributed by atoms with E-state index >= 15 is 0 Å². The third-order valence-electron chi connectivity index (χ3n) is 4.13. The minimum atomic E-state index is -0.690. The summed E-state index contributed by atoms with van der Waals surface area (Å²) in [4.78, 5) is 23.8. The molecule has 0 radical (unpaired) electrons. The average Bonchev–Trinajstić information content (AvgIpc) is 2.72. The fourth-order valence-electron chi connectivity index (χ4n) is 2.70. The fourth-order valence-corrected chi connectivity index (χ4v) is 2.70. The quantitative estimate of drug-likeness (QED) is 0.486. The molecule has 0 atom stereocenters. The van der Waals surface area contributed by atoms with Crippen LogP contribution in [0.1, 0.15) is 15.9 Å². The molecule has 0 aromatic heterocycles. The number of halogens is 2. The van der Waals surface area contributed by atoms with Gasteiger partial charge in [0, 0.05) is 11.8 Å². The predicted octanol–water partition coefficient (Wildman–Crippen LogP) is 5.07. The van der Waals surface area contributed by atoms with Crippen molar-refractivity contribution >= 4 is 23.6 Å². The molecule has 6 heteroatoms. The Bertz CT molecular complexity index is 1090. The first-order valence-corrected chi connectivity index (χ1v) is 8.69. The van der Waals surface area contributed by atoms with Crippen molar-refractivity contribution in [3.63, 3.8) is 0 Å². The number of benzene rings is 3. The highest BCUT2D eigenvalue weighted by molar-refractivity contribution is 6.05. The summed E-state index contributed by atoms with van der Waals surface area (Å²) in [6.45, 7) is 0. The molecule has 3 aromatic rings. The second-order valence-electron chi connectivity index (χ2n) is 6.14. The molecule has 3 rings (SSSR count). The summed E-state index contributed by atoms with van der Waals surface area (Å²) < 4.78 is 32.2. The number of methoxy groups -OCH3 is 1. The molecule has 0 fully saturated rings. The van der Waals surface area contributed by atoms with Crippen molar-refractivity contribution in [2.45, 2.75) is 0 Å². The Morgan fingerprint density at radius 1 is 0.931 bits per heavy atom. The highest BCUT2D eigenvalue weighted by Gasteiger charge is 2.14. The summed E-state index contributed by atoms with van der Waals surface area (Å²) in [6, 6.07) is 16.6. The number of rotatable bonds is 5. The van der Waals surface area contributed by atoms with Crippen LogP contribution in [0.5, 0.6) is 0 Å². The predicted molar refractivity (Wildman–Crippen MR) is 107 cm³/mol. The van der Waals surface area contributed by atoms with Crippen LogP contribution in [0.4, 0.5) is 14.5 Å². The van der Waals surface area contributed by atoms with E-state index in [4.69, 9.17) is 0 Å². The van der Waals surface area contributed by atoms with Crippen molar-refractivity contribution in [1.29, 1.82) is 0 Å². The molecule has 3 aromatic carbocycles. The molecule has 1 N–H and O–H groups in total. The van der Waals surface area contributed by atoms with Crippen LogP contribution in [0.2, 0.25) is 0 Å². The first-order valence-electron chi connectivity index (χ1n) is 8.69. The summed E-state index contributed by atoms with van der Waals surface area (Å²) in [6.07, 6.45) is 2.79. The van der Waals surface area contributed by atoms with E-state index in [1.54, 1.807) is 36.4 Å². The van der Waals surface area contributed by atoms with E-state index in [-0.39, 0.29) is 5.56 Å². The smallest absolute Gasteiger partial charge is 0.330 e. The van der Waals surface area contributed by atoms with Gasteiger partial charge in [-0.3, -0.25) is 4.79 Å². The lowest BCUT2D eigenvalue weighted by molar-refractivity contribution is -0.134. The summed E-state index contributed by atoms with van der Waals surface area (Å²) in [5.41, 5.74) is 1.97. The zero-order chi connectivity index (χ0) is 20.8. The van der Waals surface area contributed by atoms with Gasteiger partial charge in [-0.2, -0.15) is 0 Å². The highest BCUT2D eigenvalue weighted by atomic mass is 19.1. The molecule has 0 saturated carbocycles. The van der Waals surface area contributed by atoms with Crippen LogP contribution >= 0.6 is 0 Å². The zero-order valence-electron chi connectivity index (χ0n) is 15.5. The Hall–Kier alpha value is -3.80. The monoisotopic (exact) mass is 393 g/mol. The lowest BCUT2D eigenvalue weighted by Gasteiger charge is -2.09. The summed E-state index contributed by atoms with van der Waals surface area (Å²) in [7, 11) is 1.27. The normalized spacial score (nSPS) is 10.7. The van der Waals surface area contributed by atoms with Crippen molar-refractivity contribution < 1.29 is 23.1 Å². The van der Waals surface area contributed by atoms with Gasteiger partial charge in [0.15, 0.2) is 0 Å². The fraction of sp³-hybridized carbons (Fsp3) is 0.0435. The number of hydrogen-bond donors (Lipinski definition) is 1. The van der Waals surface area contributed by atoms with Crippen LogP contribution in [0, 0.1) is 11.6 Å². The van der Waals surface area contributed by atoms with Crippen molar-refractivity contribution in [2.24, 2.45) is 0 Å². The van der Waals surface area contributed by atoms with Crippen LogP contribution in [-0.4, -0.2) is 19.0 Å². The van der Waals surface area contributed by atoms with Crippen LogP contribution in [-0.2, 0) is 9.53 Å². The van der Waals surface area contributed by atoms with Gasteiger partial charge in [-0.25, -0.2) is 13.6 Å². The van der Waals surface area contributed by atoms with Gasteiger partial charge in [-0.15, -0.1) is 0 Å². The van der Waals surface area contributed by atoms with E-state index in [1.807, 2.05) is 0 Å². The Kier molecular flexibility index (Phi) is 6.14. The van der Waals surface area contributed by atoms with E-state index in [0.717, 1.165) is 0 Å². The average molecular weight is 393 g/mol. The molecule has 0 aliphatic rings. The van der Waals surface area contributed by atoms with E-state index in [0.29, 0.717) is 22.4 Å². The van der Waals surface area contributed by atoms with Crippen molar-refractivity contribution in [1.82, 2.24) is 0 Å². The number of hydrogen-bond acceptors (Lipinski definition) is 3. The third kappa shape index (κ3) is 5.13. The molecular weight excluding hydrogens is 376 g/mol. The number of ether oxygens (including phenoxy) is 1. The first-order chi connectivity index (χ1) is 14.0. The Morgan fingerprint density at radius 2 is 1.69 bits per heavy atom. The van der Waals surface area contributed by atoms with Gasteiger partial charge in [-0.1, -0.05) is 30.3 Å². The molecule has 0 heterocycles. The summed E-state index contributed by atoms with van der Waals surface area (Å²) in [5.74, 6) is -2.26. The minimum absolute atomic E-state index is 0.165. The second-order valence-corrected chi connectivity index (χ2v) is 6.14. The van der Waals surface area contributed by atoms with E-state index in [2.05, 4.69) is 10.1 Å². The maximum absolute atomic E-state index is 14.2. The molecule has 0 unspecified atom stereocenters. The zero-order valence-corrected chi connectivity index (χ0v) is 15.5. The Balaban J connectivity index is 1.83. The lowest BCUT2D eigenvalue weighted by Crippen LogP contribution is -2.14. The van der Waals surface area contributed by atoms with E-state index in [9.17, 15) is 18.4 Å². The number of nitrogens with one attached hydrogen (secondary N) is 1. The maximum Gasteiger partial charge on any atom is 0.330 e. The number of carbonyl (C=O) groups is 2. The Labute approximate surface area is 166 Å². The van der Waals surface area contributed by atoms with Gasteiger partial charge in [0.05, 0.1) is 12.7 Å². The number of carbonyl (C=O) groups excluding carboxylic acids is 2. The maximum atomic E-state index is 14.2. The SMILES string of the molecule is COC(=O)/C=C/c1cccc(NC(=O)c2cc(-c3cccc(F)c3)ccc2F)c1. The molecule has 0 saturated heterocycles. The van der Waals surface area contributed by atoms with Crippen LogP contribution < -0.4 is 5.32 Å². The molecule has 0 aliphatic carbocycles. The highest BCUT2D eigenvalue weighted by Crippen LogP contribution is 2.24. The van der Waals surface area contributed by atoms with Crippen LogP contribution in [0.25, 0.3) is 17.2 Å².